The molecule has 0 spiro atoms. The van der Waals surface area contributed by atoms with Crippen LogP contribution in [0, 0.1) is 5.92 Å². The van der Waals surface area contributed by atoms with E-state index in [-0.39, 0.29) is 11.9 Å². The molecule has 2 atom stereocenters. The third kappa shape index (κ3) is 5.09. The Morgan fingerprint density at radius 2 is 2.14 bits per heavy atom. The normalized spacial score (nSPS) is 19.4. The number of nitrogens with two attached hydrogens (primary N) is 1. The van der Waals surface area contributed by atoms with Gasteiger partial charge in [0.25, 0.3) is 0 Å². The molecule has 0 radical (unpaired) electrons. The van der Waals surface area contributed by atoms with Crippen LogP contribution in [-0.4, -0.2) is 50.8 Å². The van der Waals surface area contributed by atoms with Gasteiger partial charge in [0.05, 0.1) is 19.8 Å². The van der Waals surface area contributed by atoms with E-state index in [4.69, 9.17) is 15.2 Å². The largest absolute Gasteiger partial charge is 0.382 e. The molecule has 0 bridgehead atoms. The van der Waals surface area contributed by atoms with Crippen molar-refractivity contribution in [3.8, 4) is 0 Å². The van der Waals surface area contributed by atoms with Gasteiger partial charge in [0.1, 0.15) is 0 Å². The Morgan fingerprint density at radius 1 is 1.36 bits per heavy atom. The molecule has 0 aromatic heterocycles. The lowest BCUT2D eigenvalue weighted by Gasteiger charge is -2.19. The van der Waals surface area contributed by atoms with Crippen molar-refractivity contribution >= 4 is 5.91 Å². The number of likely N-dealkylation sites (tertiary alicyclic amines) is 1. The highest BCUT2D eigenvalue weighted by molar-refractivity contribution is 5.77. The molecule has 1 heterocycles. The zero-order valence-electron chi connectivity index (χ0n) is 13.2. The Kier molecular flexibility index (Phi) is 6.83. The number of rotatable bonds is 8. The van der Waals surface area contributed by atoms with Crippen LogP contribution in [0.2, 0.25) is 0 Å². The maximum absolute atomic E-state index is 12.3. The maximum Gasteiger partial charge on any atom is 0.224 e. The number of methoxy groups -OCH3 is 1. The van der Waals surface area contributed by atoms with Crippen molar-refractivity contribution < 1.29 is 14.3 Å². The second kappa shape index (κ2) is 8.88. The second-order valence-corrected chi connectivity index (χ2v) is 5.78. The van der Waals surface area contributed by atoms with E-state index in [1.165, 1.54) is 0 Å². The summed E-state index contributed by atoms with van der Waals surface area (Å²) < 4.78 is 10.5. The molecular weight excluding hydrogens is 280 g/mol. The minimum Gasteiger partial charge on any atom is -0.382 e. The monoisotopic (exact) mass is 306 g/mol. The Hall–Kier alpha value is -1.43. The zero-order chi connectivity index (χ0) is 15.8. The molecule has 122 valence electrons. The highest BCUT2D eigenvalue weighted by Crippen LogP contribution is 2.20. The first-order chi connectivity index (χ1) is 10.7. The van der Waals surface area contributed by atoms with Gasteiger partial charge in [-0.05, 0) is 12.0 Å². The summed E-state index contributed by atoms with van der Waals surface area (Å²) >= 11 is 0. The number of amides is 1. The first kappa shape index (κ1) is 16.9. The van der Waals surface area contributed by atoms with Crippen LogP contribution in [0.1, 0.15) is 24.4 Å². The van der Waals surface area contributed by atoms with Gasteiger partial charge in [-0.1, -0.05) is 30.3 Å². The fourth-order valence-corrected chi connectivity index (χ4v) is 2.72. The topological polar surface area (TPSA) is 64.8 Å². The molecule has 1 aromatic rings. The first-order valence-electron chi connectivity index (χ1n) is 7.85. The van der Waals surface area contributed by atoms with Gasteiger partial charge in [0.2, 0.25) is 5.91 Å². The van der Waals surface area contributed by atoms with Crippen molar-refractivity contribution in [2.75, 3.05) is 40.0 Å². The van der Waals surface area contributed by atoms with Crippen LogP contribution in [0.5, 0.6) is 0 Å². The van der Waals surface area contributed by atoms with Crippen LogP contribution in [0.15, 0.2) is 30.3 Å². The van der Waals surface area contributed by atoms with E-state index < -0.39 is 0 Å². The van der Waals surface area contributed by atoms with E-state index in [2.05, 4.69) is 0 Å². The van der Waals surface area contributed by atoms with Gasteiger partial charge in [-0.3, -0.25) is 4.79 Å². The van der Waals surface area contributed by atoms with Crippen LogP contribution >= 0.6 is 0 Å². The summed E-state index contributed by atoms with van der Waals surface area (Å²) in [6.07, 6.45) is 1.36. The molecule has 1 saturated heterocycles. The summed E-state index contributed by atoms with van der Waals surface area (Å²) in [5.74, 6) is 0.560. The van der Waals surface area contributed by atoms with E-state index in [9.17, 15) is 4.79 Å². The maximum atomic E-state index is 12.3. The molecule has 2 unspecified atom stereocenters. The minimum absolute atomic E-state index is 0.135. The minimum atomic E-state index is -0.231. The van der Waals surface area contributed by atoms with Crippen LogP contribution in [-0.2, 0) is 14.3 Å². The van der Waals surface area contributed by atoms with Crippen molar-refractivity contribution in [3.63, 3.8) is 0 Å². The third-order valence-corrected chi connectivity index (χ3v) is 4.05. The van der Waals surface area contributed by atoms with Crippen LogP contribution in [0.3, 0.4) is 0 Å². The molecule has 0 saturated carbocycles. The first-order valence-corrected chi connectivity index (χ1v) is 7.85. The molecule has 2 N–H and O–H groups in total. The van der Waals surface area contributed by atoms with E-state index in [1.807, 2.05) is 35.2 Å². The highest BCUT2D eigenvalue weighted by Gasteiger charge is 2.27. The summed E-state index contributed by atoms with van der Waals surface area (Å²) in [6.45, 7) is 3.49. The lowest BCUT2D eigenvalue weighted by molar-refractivity contribution is -0.130. The molecule has 2 rings (SSSR count). The summed E-state index contributed by atoms with van der Waals surface area (Å²) in [4.78, 5) is 14.2. The molecule has 22 heavy (non-hydrogen) atoms. The van der Waals surface area contributed by atoms with Crippen LogP contribution in [0.25, 0.3) is 0 Å². The predicted octanol–water partition coefficient (Wildman–Crippen LogP) is 1.59. The Balaban J connectivity index is 1.72. The predicted molar refractivity (Wildman–Crippen MR) is 85.4 cm³/mol. The molecule has 1 aromatic carbocycles. The van der Waals surface area contributed by atoms with Gasteiger partial charge in [0.15, 0.2) is 0 Å². The summed E-state index contributed by atoms with van der Waals surface area (Å²) in [5.41, 5.74) is 7.13. The Morgan fingerprint density at radius 3 is 2.86 bits per heavy atom. The fourth-order valence-electron chi connectivity index (χ4n) is 2.72. The number of carbonyl (C=O) groups excluding carboxylic acids is 1. The van der Waals surface area contributed by atoms with Crippen LogP contribution in [0.4, 0.5) is 0 Å². The van der Waals surface area contributed by atoms with Crippen LogP contribution < -0.4 is 5.73 Å². The fraction of sp³-hybridized carbons (Fsp3) is 0.588. The molecule has 1 amide bonds. The van der Waals surface area contributed by atoms with Gasteiger partial charge in [-0.2, -0.15) is 0 Å². The highest BCUT2D eigenvalue weighted by atomic mass is 16.5. The number of hydrogen-bond acceptors (Lipinski definition) is 4. The number of ether oxygens (including phenoxy) is 2. The SMILES string of the molecule is COCCOCC1CCN(C(=O)CC(N)c2ccccc2)C1. The second-order valence-electron chi connectivity index (χ2n) is 5.78. The quantitative estimate of drug-likeness (QED) is 0.741. The summed E-state index contributed by atoms with van der Waals surface area (Å²) in [7, 11) is 1.66. The molecule has 5 heteroatoms. The molecule has 5 nitrogen and oxygen atoms in total. The van der Waals surface area contributed by atoms with Gasteiger partial charge >= 0.3 is 0 Å². The zero-order valence-corrected chi connectivity index (χ0v) is 13.2. The number of carbonyl (C=O) groups is 1. The number of hydrogen-bond donors (Lipinski definition) is 1. The number of benzene rings is 1. The van der Waals surface area contributed by atoms with E-state index in [0.29, 0.717) is 32.2 Å². The Labute approximate surface area is 132 Å². The lowest BCUT2D eigenvalue weighted by atomic mass is 10.0. The van der Waals surface area contributed by atoms with Crippen molar-refractivity contribution in [1.82, 2.24) is 4.90 Å². The average Bonchev–Trinajstić information content (AvgIpc) is 3.01. The molecule has 1 aliphatic heterocycles. The van der Waals surface area contributed by atoms with Crippen molar-refractivity contribution in [1.29, 1.82) is 0 Å². The summed E-state index contributed by atoms with van der Waals surface area (Å²) in [6, 6.07) is 9.55. The van der Waals surface area contributed by atoms with E-state index in [1.54, 1.807) is 7.11 Å². The molecule has 0 aliphatic carbocycles. The molecular formula is C17H26N2O3. The number of nitrogens with zero attached hydrogens (tertiary/aromatic N) is 1. The summed E-state index contributed by atoms with van der Waals surface area (Å²) in [5, 5.41) is 0. The lowest BCUT2D eigenvalue weighted by Crippen LogP contribution is -2.32. The van der Waals surface area contributed by atoms with Gasteiger partial charge in [-0.15, -0.1) is 0 Å². The van der Waals surface area contributed by atoms with Gasteiger partial charge in [-0.25, -0.2) is 0 Å². The van der Waals surface area contributed by atoms with Gasteiger partial charge < -0.3 is 20.1 Å². The van der Waals surface area contributed by atoms with Gasteiger partial charge in [0, 0.05) is 38.6 Å². The van der Waals surface area contributed by atoms with Crippen molar-refractivity contribution in [2.24, 2.45) is 11.7 Å². The van der Waals surface area contributed by atoms with E-state index in [0.717, 1.165) is 25.1 Å². The van der Waals surface area contributed by atoms with Crippen molar-refractivity contribution in [2.45, 2.75) is 18.9 Å². The molecule has 1 fully saturated rings. The Bertz CT molecular complexity index is 452. The third-order valence-electron chi connectivity index (χ3n) is 4.05. The van der Waals surface area contributed by atoms with E-state index >= 15 is 0 Å². The van der Waals surface area contributed by atoms with Crippen molar-refractivity contribution in [3.05, 3.63) is 35.9 Å². The standard InChI is InChI=1S/C17H26N2O3/c1-21-9-10-22-13-14-7-8-19(12-14)17(20)11-16(18)15-5-3-2-4-6-15/h2-6,14,16H,7-13,18H2,1H3. The molecule has 1 aliphatic rings. The smallest absolute Gasteiger partial charge is 0.224 e. The average molecular weight is 306 g/mol.